The van der Waals surface area contributed by atoms with Gasteiger partial charge < -0.3 is 9.73 Å². The van der Waals surface area contributed by atoms with Gasteiger partial charge in [0.05, 0.1) is 18.6 Å². The smallest absolute Gasteiger partial charge is 0.321 e. The monoisotopic (exact) mass is 425 g/mol. The van der Waals surface area contributed by atoms with E-state index < -0.39 is 6.03 Å². The van der Waals surface area contributed by atoms with Crippen LogP contribution in [0.15, 0.2) is 58.3 Å². The number of carbonyl (C=O) groups is 2. The van der Waals surface area contributed by atoms with E-state index in [1.165, 1.54) is 11.8 Å². The summed E-state index contributed by atoms with van der Waals surface area (Å²) in [5, 5.41) is 14.3. The van der Waals surface area contributed by atoms with Crippen LogP contribution in [0.5, 0.6) is 0 Å². The number of hydrogen-bond donors (Lipinski definition) is 2. The molecule has 30 heavy (non-hydrogen) atoms. The first-order valence-electron chi connectivity index (χ1n) is 9.93. The minimum absolute atomic E-state index is 0.0587. The van der Waals surface area contributed by atoms with Crippen molar-refractivity contribution in [3.63, 3.8) is 0 Å². The summed E-state index contributed by atoms with van der Waals surface area (Å²) in [6.45, 7) is 0.538. The molecular weight excluding hydrogens is 402 g/mol. The van der Waals surface area contributed by atoms with Crippen molar-refractivity contribution in [2.75, 3.05) is 5.75 Å². The Bertz CT molecular complexity index is 982. The van der Waals surface area contributed by atoms with Crippen LogP contribution in [0.1, 0.15) is 31.2 Å². The van der Waals surface area contributed by atoms with Gasteiger partial charge in [-0.15, -0.1) is 10.2 Å². The molecule has 156 valence electrons. The third-order valence-electron chi connectivity index (χ3n) is 4.92. The van der Waals surface area contributed by atoms with Crippen LogP contribution in [0.2, 0.25) is 0 Å². The molecule has 3 aromatic rings. The summed E-state index contributed by atoms with van der Waals surface area (Å²) in [6.07, 6.45) is 5.75. The molecule has 0 bridgehead atoms. The number of benzene rings is 1. The molecule has 0 spiro atoms. The third kappa shape index (κ3) is 5.10. The molecule has 8 nitrogen and oxygen atoms in total. The van der Waals surface area contributed by atoms with Gasteiger partial charge in [0.1, 0.15) is 0 Å². The Labute approximate surface area is 178 Å². The zero-order chi connectivity index (χ0) is 20.8. The fraction of sp³-hybridized carbons (Fsp3) is 0.333. The summed E-state index contributed by atoms with van der Waals surface area (Å²) in [6, 6.07) is 13.3. The van der Waals surface area contributed by atoms with Gasteiger partial charge in [0, 0.05) is 6.04 Å². The number of thioether (sulfide) groups is 1. The molecule has 0 radical (unpaired) electrons. The van der Waals surface area contributed by atoms with Crippen molar-refractivity contribution in [3.8, 4) is 11.6 Å². The highest BCUT2D eigenvalue weighted by atomic mass is 32.2. The van der Waals surface area contributed by atoms with E-state index in [-0.39, 0.29) is 17.7 Å². The zero-order valence-electron chi connectivity index (χ0n) is 16.4. The average Bonchev–Trinajstić information content (AvgIpc) is 3.49. The third-order valence-corrected chi connectivity index (χ3v) is 5.88. The average molecular weight is 426 g/mol. The van der Waals surface area contributed by atoms with Crippen LogP contribution in [0.4, 0.5) is 4.79 Å². The summed E-state index contributed by atoms with van der Waals surface area (Å²) in [5.41, 5.74) is 1.08. The minimum atomic E-state index is -0.436. The van der Waals surface area contributed by atoms with Crippen molar-refractivity contribution in [3.05, 3.63) is 54.3 Å². The molecule has 0 atom stereocenters. The van der Waals surface area contributed by atoms with E-state index in [9.17, 15) is 9.59 Å². The predicted octanol–water partition coefficient (Wildman–Crippen LogP) is 3.45. The molecular formula is C21H23N5O3S. The molecule has 0 unspecified atom stereocenters. The second kappa shape index (κ2) is 9.62. The Balaban J connectivity index is 1.41. The van der Waals surface area contributed by atoms with E-state index >= 15 is 0 Å². The van der Waals surface area contributed by atoms with Crippen molar-refractivity contribution in [2.24, 2.45) is 0 Å². The van der Waals surface area contributed by atoms with Gasteiger partial charge in [0.2, 0.25) is 11.7 Å². The van der Waals surface area contributed by atoms with E-state index in [4.69, 9.17) is 4.42 Å². The van der Waals surface area contributed by atoms with Gasteiger partial charge in [0.25, 0.3) is 0 Å². The maximum absolute atomic E-state index is 12.2. The number of furan rings is 1. The molecule has 1 fully saturated rings. The number of carbonyl (C=O) groups excluding carboxylic acids is 2. The lowest BCUT2D eigenvalue weighted by Crippen LogP contribution is -2.44. The highest BCUT2D eigenvalue weighted by Crippen LogP contribution is 2.25. The van der Waals surface area contributed by atoms with Crippen LogP contribution in [-0.2, 0) is 11.3 Å². The largest absolute Gasteiger partial charge is 0.461 e. The van der Waals surface area contributed by atoms with Crippen molar-refractivity contribution < 1.29 is 14.0 Å². The highest BCUT2D eigenvalue weighted by molar-refractivity contribution is 7.99. The van der Waals surface area contributed by atoms with Gasteiger partial charge in [-0.05, 0) is 30.5 Å². The van der Waals surface area contributed by atoms with Crippen LogP contribution in [-0.4, -0.2) is 38.5 Å². The first-order chi connectivity index (χ1) is 14.7. The van der Waals surface area contributed by atoms with E-state index in [0.717, 1.165) is 31.2 Å². The van der Waals surface area contributed by atoms with Gasteiger partial charge in [-0.3, -0.25) is 14.7 Å². The number of aromatic nitrogens is 3. The first kappa shape index (κ1) is 20.2. The SMILES string of the molecule is O=C(CSc1nnc(-c2ccco2)n1Cc1ccccc1)NC(=O)NC1CCCC1. The lowest BCUT2D eigenvalue weighted by molar-refractivity contribution is -0.117. The van der Waals surface area contributed by atoms with Crippen LogP contribution < -0.4 is 10.6 Å². The standard InChI is InChI=1S/C21H23N5O3S/c27-18(23-20(28)22-16-9-4-5-10-16)14-30-21-25-24-19(17-11-6-12-29-17)26(21)13-15-7-2-1-3-8-15/h1-3,6-8,11-12,16H,4-5,9-10,13-14H2,(H2,22,23,27,28). The Morgan fingerprint density at radius 3 is 2.63 bits per heavy atom. The zero-order valence-corrected chi connectivity index (χ0v) is 17.2. The number of nitrogens with one attached hydrogen (secondary N) is 2. The van der Waals surface area contributed by atoms with Gasteiger partial charge in [-0.25, -0.2) is 4.79 Å². The summed E-state index contributed by atoms with van der Waals surface area (Å²) in [7, 11) is 0. The number of nitrogens with zero attached hydrogens (tertiary/aromatic N) is 3. The minimum Gasteiger partial charge on any atom is -0.461 e. The lowest BCUT2D eigenvalue weighted by Gasteiger charge is -2.12. The second-order valence-electron chi connectivity index (χ2n) is 7.15. The molecule has 0 saturated heterocycles. The fourth-order valence-corrected chi connectivity index (χ4v) is 4.21. The summed E-state index contributed by atoms with van der Waals surface area (Å²) in [5.74, 6) is 0.879. The van der Waals surface area contributed by atoms with Gasteiger partial charge >= 0.3 is 6.03 Å². The summed E-state index contributed by atoms with van der Waals surface area (Å²) < 4.78 is 7.40. The van der Waals surface area contributed by atoms with E-state index in [1.54, 1.807) is 12.3 Å². The molecule has 3 amide bonds. The molecule has 2 N–H and O–H groups in total. The molecule has 2 aromatic heterocycles. The van der Waals surface area contributed by atoms with Crippen molar-refractivity contribution in [1.82, 2.24) is 25.4 Å². The number of imide groups is 1. The number of amides is 3. The molecule has 4 rings (SSSR count). The summed E-state index contributed by atoms with van der Waals surface area (Å²) >= 11 is 1.23. The topological polar surface area (TPSA) is 102 Å². The van der Waals surface area contributed by atoms with E-state index in [2.05, 4.69) is 20.8 Å². The predicted molar refractivity (Wildman–Crippen MR) is 113 cm³/mol. The number of urea groups is 1. The van der Waals surface area contributed by atoms with Gasteiger partial charge in [0.15, 0.2) is 10.9 Å². The first-order valence-corrected chi connectivity index (χ1v) is 10.9. The van der Waals surface area contributed by atoms with Crippen molar-refractivity contribution in [2.45, 2.75) is 43.4 Å². The second-order valence-corrected chi connectivity index (χ2v) is 8.09. The number of hydrogen-bond acceptors (Lipinski definition) is 6. The van der Waals surface area contributed by atoms with Crippen LogP contribution in [0, 0.1) is 0 Å². The maximum Gasteiger partial charge on any atom is 0.321 e. The van der Waals surface area contributed by atoms with Crippen LogP contribution in [0.25, 0.3) is 11.6 Å². The normalized spacial score (nSPS) is 14.0. The van der Waals surface area contributed by atoms with E-state index in [0.29, 0.717) is 23.3 Å². The quantitative estimate of drug-likeness (QED) is 0.562. The Hall–Kier alpha value is -3.07. The Morgan fingerprint density at radius 1 is 1.10 bits per heavy atom. The molecule has 1 saturated carbocycles. The number of rotatable bonds is 7. The van der Waals surface area contributed by atoms with Gasteiger partial charge in [-0.2, -0.15) is 0 Å². The van der Waals surface area contributed by atoms with Gasteiger partial charge in [-0.1, -0.05) is 54.9 Å². The highest BCUT2D eigenvalue weighted by Gasteiger charge is 2.20. The van der Waals surface area contributed by atoms with Crippen molar-refractivity contribution in [1.29, 1.82) is 0 Å². The van der Waals surface area contributed by atoms with E-state index in [1.807, 2.05) is 41.0 Å². The Kier molecular flexibility index (Phi) is 6.48. The van der Waals surface area contributed by atoms with Crippen molar-refractivity contribution >= 4 is 23.7 Å². The Morgan fingerprint density at radius 2 is 1.90 bits per heavy atom. The van der Waals surface area contributed by atoms with Crippen LogP contribution in [0.3, 0.4) is 0 Å². The molecule has 2 heterocycles. The lowest BCUT2D eigenvalue weighted by atomic mass is 10.2. The molecule has 1 aliphatic carbocycles. The molecule has 1 aromatic carbocycles. The fourth-order valence-electron chi connectivity index (χ4n) is 3.48. The van der Waals surface area contributed by atoms with Crippen LogP contribution >= 0.6 is 11.8 Å². The molecule has 1 aliphatic rings. The molecule has 9 heteroatoms. The summed E-state index contributed by atoms with van der Waals surface area (Å²) in [4.78, 5) is 24.2. The molecule has 0 aliphatic heterocycles. The maximum atomic E-state index is 12.2.